The average molecular weight is 338 g/mol. The van der Waals surface area contributed by atoms with Crippen LogP contribution in [0.4, 0.5) is 15.0 Å². The highest BCUT2D eigenvalue weighted by Gasteiger charge is 2.12. The maximum Gasteiger partial charge on any atom is 0.320 e. The molecule has 1 heterocycles. The van der Waals surface area contributed by atoms with E-state index in [1.54, 1.807) is 17.8 Å². The molecule has 0 aliphatic rings. The number of hydrogen-bond acceptors (Lipinski definition) is 2. The highest BCUT2D eigenvalue weighted by atomic mass is 19.1. The molecule has 5 nitrogen and oxygen atoms in total. The lowest BCUT2D eigenvalue weighted by Crippen LogP contribution is -2.30. The van der Waals surface area contributed by atoms with Crippen LogP contribution < -0.4 is 10.6 Å². The van der Waals surface area contributed by atoms with E-state index in [-0.39, 0.29) is 11.8 Å². The number of benzene rings is 2. The van der Waals surface area contributed by atoms with Crippen molar-refractivity contribution < 1.29 is 9.18 Å². The van der Waals surface area contributed by atoms with Gasteiger partial charge in [0.2, 0.25) is 0 Å². The molecule has 25 heavy (non-hydrogen) atoms. The summed E-state index contributed by atoms with van der Waals surface area (Å²) in [5, 5.41) is 9.84. The minimum atomic E-state index is -0.340. The summed E-state index contributed by atoms with van der Waals surface area (Å²) < 4.78 is 14.8. The molecule has 0 fully saturated rings. The van der Waals surface area contributed by atoms with Crippen molar-refractivity contribution in [1.29, 1.82) is 0 Å². The molecule has 3 aromatic rings. The highest BCUT2D eigenvalue weighted by Crippen LogP contribution is 2.26. The normalized spacial score (nSPS) is 10.5. The Kier molecular flexibility index (Phi) is 5.09. The molecule has 0 saturated heterocycles. The van der Waals surface area contributed by atoms with Crippen LogP contribution in [0.15, 0.2) is 60.8 Å². The van der Waals surface area contributed by atoms with E-state index in [2.05, 4.69) is 15.7 Å². The summed E-state index contributed by atoms with van der Waals surface area (Å²) >= 11 is 0. The van der Waals surface area contributed by atoms with Gasteiger partial charge in [0.15, 0.2) is 5.82 Å². The van der Waals surface area contributed by atoms with Crippen molar-refractivity contribution in [3.63, 3.8) is 0 Å². The number of amides is 2. The SMILES string of the molecule is Cn1cc(-c2ccccc2)c(NC(=O)NCCc2cccc(F)c2)n1. The second-order valence-electron chi connectivity index (χ2n) is 5.69. The van der Waals surface area contributed by atoms with Crippen molar-refractivity contribution in [3.05, 3.63) is 72.2 Å². The van der Waals surface area contributed by atoms with Crippen molar-refractivity contribution in [1.82, 2.24) is 15.1 Å². The zero-order chi connectivity index (χ0) is 17.6. The molecule has 0 aliphatic heterocycles. The summed E-state index contributed by atoms with van der Waals surface area (Å²) in [6, 6.07) is 15.7. The van der Waals surface area contributed by atoms with Gasteiger partial charge in [0.1, 0.15) is 5.82 Å². The van der Waals surface area contributed by atoms with E-state index in [0.29, 0.717) is 18.8 Å². The molecular weight excluding hydrogens is 319 g/mol. The molecule has 0 spiro atoms. The topological polar surface area (TPSA) is 59.0 Å². The minimum Gasteiger partial charge on any atom is -0.337 e. The molecule has 0 saturated carbocycles. The Balaban J connectivity index is 1.60. The third kappa shape index (κ3) is 4.44. The fourth-order valence-electron chi connectivity index (χ4n) is 2.57. The van der Waals surface area contributed by atoms with Crippen molar-refractivity contribution in [2.75, 3.05) is 11.9 Å². The molecule has 2 aromatic carbocycles. The number of hydrogen-bond donors (Lipinski definition) is 2. The first-order chi connectivity index (χ1) is 12.1. The van der Waals surface area contributed by atoms with Gasteiger partial charge in [-0.15, -0.1) is 0 Å². The Morgan fingerprint density at radius 2 is 1.96 bits per heavy atom. The first kappa shape index (κ1) is 16.7. The van der Waals surface area contributed by atoms with E-state index in [1.165, 1.54) is 12.1 Å². The standard InChI is InChI=1S/C19H19FN4O/c1-24-13-17(15-7-3-2-4-8-15)18(23-24)22-19(25)21-11-10-14-6-5-9-16(20)12-14/h2-9,12-13H,10-11H2,1H3,(H2,21,22,23,25). The Labute approximate surface area is 145 Å². The quantitative estimate of drug-likeness (QED) is 0.747. The average Bonchev–Trinajstić information content (AvgIpc) is 2.96. The Morgan fingerprint density at radius 3 is 2.72 bits per heavy atom. The third-order valence-corrected chi connectivity index (χ3v) is 3.73. The molecular formula is C19H19FN4O. The Bertz CT molecular complexity index is 861. The van der Waals surface area contributed by atoms with Crippen LogP contribution in [0, 0.1) is 5.82 Å². The number of anilines is 1. The largest absolute Gasteiger partial charge is 0.337 e. The van der Waals surface area contributed by atoms with Crippen LogP contribution in [0.5, 0.6) is 0 Å². The van der Waals surface area contributed by atoms with E-state index in [0.717, 1.165) is 16.7 Å². The second-order valence-corrected chi connectivity index (χ2v) is 5.69. The predicted molar refractivity (Wildman–Crippen MR) is 95.8 cm³/mol. The third-order valence-electron chi connectivity index (χ3n) is 3.73. The number of aromatic nitrogens is 2. The highest BCUT2D eigenvalue weighted by molar-refractivity contribution is 5.92. The first-order valence-electron chi connectivity index (χ1n) is 8.00. The summed E-state index contributed by atoms with van der Waals surface area (Å²) in [5.74, 6) is 0.222. The van der Waals surface area contributed by atoms with E-state index in [1.807, 2.05) is 42.6 Å². The molecule has 0 aliphatic carbocycles. The maximum absolute atomic E-state index is 13.1. The number of halogens is 1. The number of carbonyl (C=O) groups excluding carboxylic acids is 1. The van der Waals surface area contributed by atoms with Gasteiger partial charge in [0.05, 0.1) is 0 Å². The summed E-state index contributed by atoms with van der Waals surface area (Å²) in [5.41, 5.74) is 2.66. The van der Waals surface area contributed by atoms with Crippen molar-refractivity contribution in [2.24, 2.45) is 7.05 Å². The van der Waals surface area contributed by atoms with E-state index in [4.69, 9.17) is 0 Å². The number of nitrogens with one attached hydrogen (secondary N) is 2. The minimum absolute atomic E-state index is 0.275. The number of aryl methyl sites for hydroxylation is 1. The smallest absolute Gasteiger partial charge is 0.320 e. The molecule has 0 atom stereocenters. The molecule has 2 N–H and O–H groups in total. The van der Waals surface area contributed by atoms with E-state index < -0.39 is 0 Å². The Hall–Kier alpha value is -3.15. The molecule has 2 amide bonds. The van der Waals surface area contributed by atoms with Crippen LogP contribution in [0.25, 0.3) is 11.1 Å². The van der Waals surface area contributed by atoms with Gasteiger partial charge in [-0.05, 0) is 29.7 Å². The van der Waals surface area contributed by atoms with E-state index in [9.17, 15) is 9.18 Å². The van der Waals surface area contributed by atoms with Crippen LogP contribution >= 0.6 is 0 Å². The summed E-state index contributed by atoms with van der Waals surface area (Å²) in [6.45, 7) is 0.406. The lowest BCUT2D eigenvalue weighted by molar-refractivity contribution is 0.252. The molecule has 1 aromatic heterocycles. The van der Waals surface area contributed by atoms with Gasteiger partial charge in [0.25, 0.3) is 0 Å². The number of carbonyl (C=O) groups is 1. The van der Waals surface area contributed by atoms with Crippen molar-refractivity contribution in [2.45, 2.75) is 6.42 Å². The lowest BCUT2D eigenvalue weighted by Gasteiger charge is -2.07. The van der Waals surface area contributed by atoms with Crippen molar-refractivity contribution >= 4 is 11.8 Å². The molecule has 0 unspecified atom stereocenters. The number of rotatable bonds is 5. The Morgan fingerprint density at radius 1 is 1.16 bits per heavy atom. The van der Waals surface area contributed by atoms with Crippen LogP contribution in [-0.2, 0) is 13.5 Å². The van der Waals surface area contributed by atoms with Crippen LogP contribution in [0.2, 0.25) is 0 Å². The zero-order valence-corrected chi connectivity index (χ0v) is 13.9. The van der Waals surface area contributed by atoms with Crippen LogP contribution in [-0.4, -0.2) is 22.4 Å². The second kappa shape index (κ2) is 7.61. The van der Waals surface area contributed by atoms with Gasteiger partial charge in [-0.3, -0.25) is 10.00 Å². The summed E-state index contributed by atoms with van der Waals surface area (Å²) in [7, 11) is 1.81. The van der Waals surface area contributed by atoms with Crippen molar-refractivity contribution in [3.8, 4) is 11.1 Å². The predicted octanol–water partition coefficient (Wildman–Crippen LogP) is 3.59. The fraction of sp³-hybridized carbons (Fsp3) is 0.158. The fourth-order valence-corrected chi connectivity index (χ4v) is 2.57. The number of urea groups is 1. The van der Waals surface area contributed by atoms with Crippen LogP contribution in [0.3, 0.4) is 0 Å². The number of nitrogens with zero attached hydrogens (tertiary/aromatic N) is 2. The van der Waals surface area contributed by atoms with Crippen LogP contribution in [0.1, 0.15) is 5.56 Å². The van der Waals surface area contributed by atoms with Gasteiger partial charge in [0, 0.05) is 25.4 Å². The lowest BCUT2D eigenvalue weighted by atomic mass is 10.1. The molecule has 3 rings (SSSR count). The molecule has 0 radical (unpaired) electrons. The first-order valence-corrected chi connectivity index (χ1v) is 8.00. The zero-order valence-electron chi connectivity index (χ0n) is 13.9. The molecule has 0 bridgehead atoms. The van der Waals surface area contributed by atoms with Gasteiger partial charge >= 0.3 is 6.03 Å². The van der Waals surface area contributed by atoms with Gasteiger partial charge < -0.3 is 5.32 Å². The maximum atomic E-state index is 13.1. The van der Waals surface area contributed by atoms with Gasteiger partial charge in [-0.25, -0.2) is 9.18 Å². The van der Waals surface area contributed by atoms with Gasteiger partial charge in [-0.2, -0.15) is 5.10 Å². The van der Waals surface area contributed by atoms with Gasteiger partial charge in [-0.1, -0.05) is 42.5 Å². The summed E-state index contributed by atoms with van der Waals surface area (Å²) in [6.07, 6.45) is 2.41. The molecule has 6 heteroatoms. The summed E-state index contributed by atoms with van der Waals surface area (Å²) in [4.78, 5) is 12.1. The monoisotopic (exact) mass is 338 g/mol. The molecule has 128 valence electrons. The van der Waals surface area contributed by atoms with E-state index >= 15 is 0 Å².